The molecule has 0 aliphatic carbocycles. The lowest BCUT2D eigenvalue weighted by Gasteiger charge is -2.19. The van der Waals surface area contributed by atoms with Crippen molar-refractivity contribution >= 4 is 0 Å². The van der Waals surface area contributed by atoms with Crippen molar-refractivity contribution in [1.82, 2.24) is 15.3 Å². The van der Waals surface area contributed by atoms with Gasteiger partial charge < -0.3 is 15.4 Å². The van der Waals surface area contributed by atoms with Gasteiger partial charge in [-0.25, -0.2) is 4.98 Å². The van der Waals surface area contributed by atoms with Crippen molar-refractivity contribution in [1.29, 1.82) is 0 Å². The first-order chi connectivity index (χ1) is 6.24. The van der Waals surface area contributed by atoms with E-state index in [4.69, 9.17) is 5.11 Å². The van der Waals surface area contributed by atoms with Gasteiger partial charge in [0.25, 0.3) is 0 Å². The second kappa shape index (κ2) is 4.99. The van der Waals surface area contributed by atoms with Crippen molar-refractivity contribution in [3.63, 3.8) is 0 Å². The molecule has 1 atom stereocenters. The molecule has 0 amide bonds. The molecule has 1 aromatic rings. The predicted molar refractivity (Wildman–Crippen MR) is 51.1 cm³/mol. The lowest BCUT2D eigenvalue weighted by Crippen LogP contribution is -2.36. The Morgan fingerprint density at radius 3 is 2.85 bits per heavy atom. The van der Waals surface area contributed by atoms with Gasteiger partial charge in [-0.15, -0.1) is 0 Å². The lowest BCUT2D eigenvalue weighted by molar-refractivity contribution is 0.209. The lowest BCUT2D eigenvalue weighted by atomic mass is 10.1. The molecule has 74 valence electrons. The molecule has 0 fully saturated rings. The van der Waals surface area contributed by atoms with Crippen LogP contribution in [0.5, 0.6) is 0 Å². The highest BCUT2D eigenvalue weighted by Crippen LogP contribution is 2.01. The van der Waals surface area contributed by atoms with E-state index in [1.165, 1.54) is 0 Å². The van der Waals surface area contributed by atoms with Gasteiger partial charge in [-0.2, -0.15) is 0 Å². The summed E-state index contributed by atoms with van der Waals surface area (Å²) in [6.45, 7) is 5.07. The summed E-state index contributed by atoms with van der Waals surface area (Å²) in [5.74, 6) is 0.438. The first-order valence-corrected chi connectivity index (χ1v) is 4.55. The zero-order valence-electron chi connectivity index (χ0n) is 8.12. The number of hydrogen-bond donors (Lipinski definition) is 3. The van der Waals surface area contributed by atoms with E-state index in [1.54, 1.807) is 12.5 Å². The highest BCUT2D eigenvalue weighted by atomic mass is 16.3. The molecule has 0 radical (unpaired) electrons. The molecule has 1 rings (SSSR count). The molecule has 4 heteroatoms. The zero-order valence-corrected chi connectivity index (χ0v) is 8.12. The molecule has 0 aromatic carbocycles. The maximum absolute atomic E-state index is 9.04. The van der Waals surface area contributed by atoms with Gasteiger partial charge in [0.2, 0.25) is 0 Å². The van der Waals surface area contributed by atoms with Crippen LogP contribution in [0.25, 0.3) is 0 Å². The van der Waals surface area contributed by atoms with Gasteiger partial charge in [0.1, 0.15) is 0 Å². The second-order valence-electron chi connectivity index (χ2n) is 3.49. The molecule has 0 saturated carbocycles. The Morgan fingerprint density at radius 1 is 1.62 bits per heavy atom. The Labute approximate surface area is 78.4 Å². The van der Waals surface area contributed by atoms with Crippen molar-refractivity contribution in [3.8, 4) is 0 Å². The number of nitrogens with zero attached hydrogens (tertiary/aromatic N) is 1. The third-order valence-electron chi connectivity index (χ3n) is 2.11. The Hall–Kier alpha value is -0.870. The van der Waals surface area contributed by atoms with Crippen LogP contribution >= 0.6 is 0 Å². The third kappa shape index (κ3) is 3.16. The molecule has 0 aliphatic heterocycles. The molecule has 1 aromatic heterocycles. The molecule has 13 heavy (non-hydrogen) atoms. The fourth-order valence-electron chi connectivity index (χ4n) is 1.13. The molecule has 4 nitrogen and oxygen atoms in total. The van der Waals surface area contributed by atoms with E-state index < -0.39 is 0 Å². The van der Waals surface area contributed by atoms with Crippen LogP contribution in [0.4, 0.5) is 0 Å². The number of aliphatic hydroxyl groups excluding tert-OH is 1. The van der Waals surface area contributed by atoms with E-state index in [2.05, 4.69) is 29.1 Å². The van der Waals surface area contributed by atoms with E-state index in [1.807, 2.05) is 0 Å². The normalized spacial score (nSPS) is 13.5. The second-order valence-corrected chi connectivity index (χ2v) is 3.49. The summed E-state index contributed by atoms with van der Waals surface area (Å²) in [5.41, 5.74) is 1.04. The molecule has 0 saturated heterocycles. The Balaban J connectivity index is 2.32. The van der Waals surface area contributed by atoms with Gasteiger partial charge in [-0.05, 0) is 5.92 Å². The summed E-state index contributed by atoms with van der Waals surface area (Å²) >= 11 is 0. The van der Waals surface area contributed by atoms with Gasteiger partial charge >= 0.3 is 0 Å². The number of aliphatic hydroxyl groups is 1. The van der Waals surface area contributed by atoms with Gasteiger partial charge in [0.05, 0.1) is 12.9 Å². The molecular weight excluding hydrogens is 166 g/mol. The van der Waals surface area contributed by atoms with Crippen LogP contribution in [0.15, 0.2) is 12.5 Å². The summed E-state index contributed by atoms with van der Waals surface area (Å²) in [6, 6.07) is 0.156. The number of rotatable bonds is 5. The summed E-state index contributed by atoms with van der Waals surface area (Å²) in [6.07, 6.45) is 3.43. The highest BCUT2D eigenvalue weighted by Gasteiger charge is 2.10. The maximum atomic E-state index is 9.04. The fourth-order valence-corrected chi connectivity index (χ4v) is 1.13. The van der Waals surface area contributed by atoms with Crippen molar-refractivity contribution in [3.05, 3.63) is 18.2 Å². The summed E-state index contributed by atoms with van der Waals surface area (Å²) in [7, 11) is 0. The summed E-state index contributed by atoms with van der Waals surface area (Å²) in [4.78, 5) is 6.91. The average Bonchev–Trinajstić information content (AvgIpc) is 2.57. The number of imidazole rings is 1. The molecular formula is C9H17N3O. The van der Waals surface area contributed by atoms with Crippen LogP contribution in [0.3, 0.4) is 0 Å². The van der Waals surface area contributed by atoms with Crippen LogP contribution in [0.2, 0.25) is 0 Å². The van der Waals surface area contributed by atoms with Crippen LogP contribution < -0.4 is 5.32 Å². The minimum absolute atomic E-state index is 0.156. The van der Waals surface area contributed by atoms with Crippen LogP contribution in [0, 0.1) is 5.92 Å². The number of aromatic nitrogens is 2. The van der Waals surface area contributed by atoms with Crippen molar-refractivity contribution in [2.24, 2.45) is 5.92 Å². The van der Waals surface area contributed by atoms with Crippen LogP contribution in [0.1, 0.15) is 19.5 Å². The van der Waals surface area contributed by atoms with Crippen LogP contribution in [-0.2, 0) is 6.54 Å². The topological polar surface area (TPSA) is 60.9 Å². The smallest absolute Gasteiger partial charge is 0.0922 e. The minimum atomic E-state index is 0.156. The largest absolute Gasteiger partial charge is 0.395 e. The molecule has 0 aliphatic rings. The van der Waals surface area contributed by atoms with Gasteiger partial charge in [0.15, 0.2) is 0 Å². The monoisotopic (exact) mass is 183 g/mol. The van der Waals surface area contributed by atoms with Gasteiger partial charge in [0, 0.05) is 24.5 Å². The predicted octanol–water partition coefficient (Wildman–Crippen LogP) is 0.516. The summed E-state index contributed by atoms with van der Waals surface area (Å²) < 4.78 is 0. The Kier molecular flexibility index (Phi) is 3.92. The van der Waals surface area contributed by atoms with E-state index >= 15 is 0 Å². The van der Waals surface area contributed by atoms with E-state index in [0.29, 0.717) is 5.92 Å². The van der Waals surface area contributed by atoms with Crippen molar-refractivity contribution < 1.29 is 5.11 Å². The average molecular weight is 183 g/mol. The number of H-pyrrole nitrogens is 1. The maximum Gasteiger partial charge on any atom is 0.0922 e. The molecule has 0 bridgehead atoms. The summed E-state index contributed by atoms with van der Waals surface area (Å²) in [5, 5.41) is 12.3. The standard InChI is InChI=1S/C9H17N3O/c1-7(2)9(5-13)11-4-8-3-10-6-12-8/h3,6-7,9,11,13H,4-5H2,1-2H3,(H,10,12). The molecule has 1 unspecified atom stereocenters. The van der Waals surface area contributed by atoms with Gasteiger partial charge in [-0.1, -0.05) is 13.8 Å². The van der Waals surface area contributed by atoms with E-state index in [-0.39, 0.29) is 12.6 Å². The van der Waals surface area contributed by atoms with Crippen molar-refractivity contribution in [2.75, 3.05) is 6.61 Å². The minimum Gasteiger partial charge on any atom is -0.395 e. The molecule has 3 N–H and O–H groups in total. The SMILES string of the molecule is CC(C)C(CO)NCc1cnc[nH]1. The molecule has 1 heterocycles. The van der Waals surface area contributed by atoms with Crippen LogP contribution in [-0.4, -0.2) is 27.7 Å². The first kappa shape index (κ1) is 10.2. The Bertz CT molecular complexity index is 221. The third-order valence-corrected chi connectivity index (χ3v) is 2.11. The fraction of sp³-hybridized carbons (Fsp3) is 0.667. The van der Waals surface area contributed by atoms with E-state index in [0.717, 1.165) is 12.2 Å². The molecule has 0 spiro atoms. The number of hydrogen-bond acceptors (Lipinski definition) is 3. The quantitative estimate of drug-likeness (QED) is 0.623. The van der Waals surface area contributed by atoms with Crippen molar-refractivity contribution in [2.45, 2.75) is 26.4 Å². The van der Waals surface area contributed by atoms with E-state index in [9.17, 15) is 0 Å². The van der Waals surface area contributed by atoms with Gasteiger partial charge in [-0.3, -0.25) is 0 Å². The number of nitrogens with one attached hydrogen (secondary N) is 2. The first-order valence-electron chi connectivity index (χ1n) is 4.55. The highest BCUT2D eigenvalue weighted by molar-refractivity contribution is 4.93. The zero-order chi connectivity index (χ0) is 9.68. The number of aromatic amines is 1. The Morgan fingerprint density at radius 2 is 2.38 bits per heavy atom.